The topological polar surface area (TPSA) is 25.2 Å². The minimum atomic E-state index is 0.143. The second-order valence-corrected chi connectivity index (χ2v) is 6.08. The average molecular weight is 326 g/mol. The Morgan fingerprint density at radius 2 is 1.71 bits per heavy atom. The molecule has 0 bridgehead atoms. The minimum Gasteiger partial charge on any atom is -0.466 e. The van der Waals surface area contributed by atoms with E-state index in [-0.39, 0.29) is 6.04 Å². The van der Waals surface area contributed by atoms with Gasteiger partial charge in [-0.2, -0.15) is 0 Å². The molecule has 0 fully saturated rings. The van der Waals surface area contributed by atoms with Crippen LogP contribution < -0.4 is 5.32 Å². The van der Waals surface area contributed by atoms with Gasteiger partial charge in [0.05, 0.1) is 0 Å². The SMILES string of the molecule is CCNC(Cc1c(Cl)cccc1Cl)c1c(C)oc(C)c1C. The number of rotatable bonds is 5. The van der Waals surface area contributed by atoms with Crippen molar-refractivity contribution in [1.29, 1.82) is 0 Å². The Morgan fingerprint density at radius 1 is 1.10 bits per heavy atom. The van der Waals surface area contributed by atoms with Crippen molar-refractivity contribution in [3.63, 3.8) is 0 Å². The fraction of sp³-hybridized carbons (Fsp3) is 0.412. The van der Waals surface area contributed by atoms with E-state index in [9.17, 15) is 0 Å². The summed E-state index contributed by atoms with van der Waals surface area (Å²) in [6, 6.07) is 5.78. The summed E-state index contributed by atoms with van der Waals surface area (Å²) < 4.78 is 5.76. The van der Waals surface area contributed by atoms with Crippen LogP contribution in [0.15, 0.2) is 22.6 Å². The molecular formula is C17H21Cl2NO. The number of aryl methyl sites for hydroxylation is 2. The second-order valence-electron chi connectivity index (χ2n) is 5.27. The molecule has 0 radical (unpaired) electrons. The van der Waals surface area contributed by atoms with Gasteiger partial charge >= 0.3 is 0 Å². The zero-order valence-electron chi connectivity index (χ0n) is 12.9. The summed E-state index contributed by atoms with van der Waals surface area (Å²) in [7, 11) is 0. The molecular weight excluding hydrogens is 305 g/mol. The predicted octanol–water partition coefficient (Wildman–Crippen LogP) is 5.40. The molecule has 0 saturated carbocycles. The van der Waals surface area contributed by atoms with Gasteiger partial charge in [-0.15, -0.1) is 0 Å². The first kappa shape index (κ1) is 16.4. The first-order valence-corrected chi connectivity index (χ1v) is 7.94. The molecule has 1 atom stereocenters. The van der Waals surface area contributed by atoms with Crippen molar-refractivity contribution in [2.45, 2.75) is 40.2 Å². The third-order valence-electron chi connectivity index (χ3n) is 3.89. The van der Waals surface area contributed by atoms with Crippen molar-refractivity contribution >= 4 is 23.2 Å². The highest BCUT2D eigenvalue weighted by atomic mass is 35.5. The van der Waals surface area contributed by atoms with Gasteiger partial charge in [-0.3, -0.25) is 0 Å². The molecule has 4 heteroatoms. The van der Waals surface area contributed by atoms with Crippen LogP contribution in [0.25, 0.3) is 0 Å². The smallest absolute Gasteiger partial charge is 0.106 e. The Kier molecular flexibility index (Phi) is 5.37. The molecule has 0 aliphatic heterocycles. The van der Waals surface area contributed by atoms with Gasteiger partial charge in [-0.25, -0.2) is 0 Å². The van der Waals surface area contributed by atoms with E-state index in [2.05, 4.69) is 19.2 Å². The molecule has 0 spiro atoms. The third-order valence-corrected chi connectivity index (χ3v) is 4.59. The zero-order valence-corrected chi connectivity index (χ0v) is 14.4. The van der Waals surface area contributed by atoms with Gasteiger partial charge in [0.25, 0.3) is 0 Å². The minimum absolute atomic E-state index is 0.143. The normalized spacial score (nSPS) is 12.7. The van der Waals surface area contributed by atoms with Gasteiger partial charge in [0.1, 0.15) is 11.5 Å². The van der Waals surface area contributed by atoms with Crippen molar-refractivity contribution in [1.82, 2.24) is 5.32 Å². The van der Waals surface area contributed by atoms with Crippen molar-refractivity contribution in [2.75, 3.05) is 6.54 Å². The number of nitrogens with one attached hydrogen (secondary N) is 1. The lowest BCUT2D eigenvalue weighted by molar-refractivity contribution is 0.484. The highest BCUT2D eigenvalue weighted by Crippen LogP contribution is 2.33. The highest BCUT2D eigenvalue weighted by Gasteiger charge is 2.22. The van der Waals surface area contributed by atoms with E-state index >= 15 is 0 Å². The summed E-state index contributed by atoms with van der Waals surface area (Å²) in [4.78, 5) is 0. The molecule has 114 valence electrons. The summed E-state index contributed by atoms with van der Waals surface area (Å²) >= 11 is 12.6. The Balaban J connectivity index is 2.40. The maximum Gasteiger partial charge on any atom is 0.106 e. The number of halogens is 2. The number of likely N-dealkylation sites (N-methyl/N-ethyl adjacent to an activating group) is 1. The summed E-state index contributed by atoms with van der Waals surface area (Å²) in [5, 5.41) is 4.94. The first-order chi connectivity index (χ1) is 9.95. The third kappa shape index (κ3) is 3.45. The molecule has 0 aliphatic rings. The van der Waals surface area contributed by atoms with E-state index < -0.39 is 0 Å². The van der Waals surface area contributed by atoms with Crippen LogP contribution in [0.5, 0.6) is 0 Å². The Hall–Kier alpha value is -0.960. The molecule has 21 heavy (non-hydrogen) atoms. The molecule has 0 saturated heterocycles. The van der Waals surface area contributed by atoms with Crippen molar-refractivity contribution in [3.8, 4) is 0 Å². The van der Waals surface area contributed by atoms with Crippen LogP contribution in [0.1, 0.15) is 41.2 Å². The molecule has 1 aromatic carbocycles. The Morgan fingerprint density at radius 3 is 2.19 bits per heavy atom. The lowest BCUT2D eigenvalue weighted by atomic mass is 9.95. The van der Waals surface area contributed by atoms with Gasteiger partial charge in [-0.1, -0.05) is 36.2 Å². The first-order valence-electron chi connectivity index (χ1n) is 7.18. The summed E-state index contributed by atoms with van der Waals surface area (Å²) in [6.45, 7) is 9.07. The van der Waals surface area contributed by atoms with E-state index in [1.807, 2.05) is 32.0 Å². The van der Waals surface area contributed by atoms with Crippen LogP contribution in [-0.4, -0.2) is 6.54 Å². The van der Waals surface area contributed by atoms with E-state index in [0.717, 1.165) is 30.0 Å². The highest BCUT2D eigenvalue weighted by molar-refractivity contribution is 6.36. The lowest BCUT2D eigenvalue weighted by Crippen LogP contribution is -2.24. The fourth-order valence-corrected chi connectivity index (χ4v) is 3.33. The average Bonchev–Trinajstić information content (AvgIpc) is 2.67. The van der Waals surface area contributed by atoms with Crippen LogP contribution in [0.3, 0.4) is 0 Å². The van der Waals surface area contributed by atoms with Crippen LogP contribution >= 0.6 is 23.2 Å². The van der Waals surface area contributed by atoms with Gasteiger partial charge in [0, 0.05) is 21.7 Å². The monoisotopic (exact) mass is 325 g/mol. The van der Waals surface area contributed by atoms with Crippen LogP contribution in [0.4, 0.5) is 0 Å². The van der Waals surface area contributed by atoms with E-state index in [4.69, 9.17) is 27.6 Å². The maximum absolute atomic E-state index is 6.31. The van der Waals surface area contributed by atoms with E-state index in [1.54, 1.807) is 0 Å². The van der Waals surface area contributed by atoms with Crippen LogP contribution in [0, 0.1) is 20.8 Å². The quantitative estimate of drug-likeness (QED) is 0.795. The van der Waals surface area contributed by atoms with Crippen LogP contribution in [-0.2, 0) is 6.42 Å². The number of hydrogen-bond acceptors (Lipinski definition) is 2. The van der Waals surface area contributed by atoms with E-state index in [1.165, 1.54) is 11.1 Å². The molecule has 0 amide bonds. The summed E-state index contributed by atoms with van der Waals surface area (Å²) in [5.41, 5.74) is 3.39. The molecule has 1 unspecified atom stereocenters. The van der Waals surface area contributed by atoms with Crippen molar-refractivity contribution in [2.24, 2.45) is 0 Å². The standard InChI is InChI=1S/C17H21Cl2NO/c1-5-20-16(17-10(2)11(3)21-12(17)4)9-13-14(18)7-6-8-15(13)19/h6-8,16,20H,5,9H2,1-4H3. The van der Waals surface area contributed by atoms with Gasteiger partial charge in [0.15, 0.2) is 0 Å². The molecule has 1 N–H and O–H groups in total. The predicted molar refractivity (Wildman–Crippen MR) is 89.5 cm³/mol. The number of hydrogen-bond donors (Lipinski definition) is 1. The molecule has 2 nitrogen and oxygen atoms in total. The number of furan rings is 1. The van der Waals surface area contributed by atoms with Crippen LogP contribution in [0.2, 0.25) is 10.0 Å². The molecule has 2 rings (SSSR count). The Labute approximate surface area is 136 Å². The van der Waals surface area contributed by atoms with Gasteiger partial charge in [0.2, 0.25) is 0 Å². The van der Waals surface area contributed by atoms with Crippen molar-refractivity contribution < 1.29 is 4.42 Å². The number of benzene rings is 1. The lowest BCUT2D eigenvalue weighted by Gasteiger charge is -2.20. The van der Waals surface area contributed by atoms with Gasteiger partial charge in [-0.05, 0) is 57.0 Å². The zero-order chi connectivity index (χ0) is 15.6. The molecule has 1 aromatic heterocycles. The molecule has 0 aliphatic carbocycles. The summed E-state index contributed by atoms with van der Waals surface area (Å²) in [5.74, 6) is 1.93. The van der Waals surface area contributed by atoms with E-state index in [0.29, 0.717) is 10.0 Å². The molecule has 2 aromatic rings. The maximum atomic E-state index is 6.31. The second kappa shape index (κ2) is 6.87. The van der Waals surface area contributed by atoms with Crippen molar-refractivity contribution in [3.05, 3.63) is 56.5 Å². The van der Waals surface area contributed by atoms with Gasteiger partial charge < -0.3 is 9.73 Å². The largest absolute Gasteiger partial charge is 0.466 e. The fourth-order valence-electron chi connectivity index (χ4n) is 2.78. The molecule has 1 heterocycles. The Bertz CT molecular complexity index is 614. The summed E-state index contributed by atoms with van der Waals surface area (Å²) in [6.07, 6.45) is 0.743.